The van der Waals surface area contributed by atoms with Gasteiger partial charge in [0.05, 0.1) is 17.1 Å². The Hall–Kier alpha value is -1.42. The fraction of sp³-hybridized carbons (Fsp3) is 0.364. The van der Waals surface area contributed by atoms with E-state index in [1.165, 1.54) is 12.1 Å². The predicted molar refractivity (Wildman–Crippen MR) is 54.0 cm³/mol. The third-order valence-corrected chi connectivity index (χ3v) is 2.96. The molecule has 0 bridgehead atoms. The molecule has 0 unspecified atom stereocenters. The van der Waals surface area contributed by atoms with Gasteiger partial charge in [-0.2, -0.15) is 0 Å². The van der Waals surface area contributed by atoms with Crippen LogP contribution in [0.1, 0.15) is 24.6 Å². The average molecular weight is 206 g/mol. The lowest BCUT2D eigenvalue weighted by molar-refractivity contribution is 0.0720. The first-order valence-corrected chi connectivity index (χ1v) is 5.05. The Kier molecular flexibility index (Phi) is 1.79. The fourth-order valence-electron chi connectivity index (χ4n) is 2.01. The molecule has 1 heterocycles. The van der Waals surface area contributed by atoms with Gasteiger partial charge in [-0.1, -0.05) is 0 Å². The number of aliphatic hydroxyl groups excluding tert-OH is 1. The van der Waals surface area contributed by atoms with Crippen molar-refractivity contribution in [1.29, 1.82) is 0 Å². The molecule has 1 aromatic carbocycles. The Bertz CT molecular complexity index is 502. The lowest BCUT2D eigenvalue weighted by atomic mass is 9.82. The van der Waals surface area contributed by atoms with Crippen LogP contribution in [0.15, 0.2) is 18.2 Å². The van der Waals surface area contributed by atoms with Gasteiger partial charge < -0.3 is 10.1 Å². The highest BCUT2D eigenvalue weighted by Gasteiger charge is 2.30. The first-order chi connectivity index (χ1) is 7.22. The molecule has 0 aliphatic heterocycles. The van der Waals surface area contributed by atoms with Crippen LogP contribution in [0.3, 0.4) is 0 Å². The molecule has 78 valence electrons. The molecule has 1 aliphatic carbocycles. The monoisotopic (exact) mass is 206 g/mol. The van der Waals surface area contributed by atoms with E-state index in [2.05, 4.69) is 9.97 Å². The third kappa shape index (κ3) is 1.41. The molecule has 15 heavy (non-hydrogen) atoms. The summed E-state index contributed by atoms with van der Waals surface area (Å²) in [5.74, 6) is 0.905. The summed E-state index contributed by atoms with van der Waals surface area (Å²) in [7, 11) is 0. The van der Waals surface area contributed by atoms with Crippen molar-refractivity contribution in [2.75, 3.05) is 0 Å². The van der Waals surface area contributed by atoms with Crippen molar-refractivity contribution >= 4 is 11.0 Å². The molecule has 1 saturated carbocycles. The second-order valence-electron chi connectivity index (χ2n) is 4.11. The van der Waals surface area contributed by atoms with Gasteiger partial charge in [-0.3, -0.25) is 0 Å². The fourth-order valence-corrected chi connectivity index (χ4v) is 2.01. The number of hydrogen-bond donors (Lipinski definition) is 2. The van der Waals surface area contributed by atoms with Crippen molar-refractivity contribution in [3.63, 3.8) is 0 Å². The molecule has 3 rings (SSSR count). The minimum Gasteiger partial charge on any atom is -0.393 e. The van der Waals surface area contributed by atoms with Gasteiger partial charge >= 0.3 is 0 Å². The van der Waals surface area contributed by atoms with E-state index < -0.39 is 0 Å². The van der Waals surface area contributed by atoms with Crippen LogP contribution < -0.4 is 0 Å². The van der Waals surface area contributed by atoms with Crippen molar-refractivity contribution in [2.45, 2.75) is 24.9 Å². The summed E-state index contributed by atoms with van der Waals surface area (Å²) >= 11 is 0. The zero-order valence-electron chi connectivity index (χ0n) is 8.07. The van der Waals surface area contributed by atoms with E-state index >= 15 is 0 Å². The highest BCUT2D eigenvalue weighted by Crippen LogP contribution is 2.35. The number of aromatic nitrogens is 2. The number of nitrogens with zero attached hydrogens (tertiary/aromatic N) is 1. The van der Waals surface area contributed by atoms with E-state index in [0.29, 0.717) is 5.92 Å². The largest absolute Gasteiger partial charge is 0.393 e. The summed E-state index contributed by atoms with van der Waals surface area (Å²) in [5.41, 5.74) is 1.51. The number of H-pyrrole nitrogens is 1. The van der Waals surface area contributed by atoms with E-state index in [-0.39, 0.29) is 11.9 Å². The molecule has 0 saturated heterocycles. The van der Waals surface area contributed by atoms with Crippen LogP contribution in [0.25, 0.3) is 11.0 Å². The van der Waals surface area contributed by atoms with Crippen LogP contribution >= 0.6 is 0 Å². The smallest absolute Gasteiger partial charge is 0.125 e. The van der Waals surface area contributed by atoms with Gasteiger partial charge in [0.15, 0.2) is 0 Å². The Morgan fingerprint density at radius 3 is 2.93 bits per heavy atom. The number of rotatable bonds is 1. The topological polar surface area (TPSA) is 48.9 Å². The van der Waals surface area contributed by atoms with Crippen molar-refractivity contribution in [1.82, 2.24) is 9.97 Å². The molecule has 2 aromatic rings. The number of fused-ring (bicyclic) bond motifs is 1. The highest BCUT2D eigenvalue weighted by atomic mass is 19.1. The van der Waals surface area contributed by atoms with E-state index in [9.17, 15) is 9.50 Å². The minimum atomic E-state index is -0.258. The van der Waals surface area contributed by atoms with Gasteiger partial charge in [0.25, 0.3) is 0 Å². The second-order valence-corrected chi connectivity index (χ2v) is 4.11. The minimum absolute atomic E-state index is 0.194. The lowest BCUT2D eigenvalue weighted by Crippen LogP contribution is -2.27. The Morgan fingerprint density at radius 2 is 2.20 bits per heavy atom. The molecule has 0 radical (unpaired) electrons. The normalized spacial score (nSPS) is 25.5. The summed E-state index contributed by atoms with van der Waals surface area (Å²) < 4.78 is 12.9. The first-order valence-electron chi connectivity index (χ1n) is 5.05. The zero-order valence-corrected chi connectivity index (χ0v) is 8.07. The number of aromatic amines is 1. The molecule has 1 aliphatic rings. The summed E-state index contributed by atoms with van der Waals surface area (Å²) in [6.45, 7) is 0. The maximum Gasteiger partial charge on any atom is 0.125 e. The lowest BCUT2D eigenvalue weighted by Gasteiger charge is -2.29. The van der Waals surface area contributed by atoms with E-state index in [0.717, 1.165) is 29.7 Å². The Morgan fingerprint density at radius 1 is 1.40 bits per heavy atom. The molecular weight excluding hydrogens is 195 g/mol. The van der Waals surface area contributed by atoms with Gasteiger partial charge in [-0.05, 0) is 31.0 Å². The van der Waals surface area contributed by atoms with Crippen LogP contribution in [0.4, 0.5) is 4.39 Å². The molecule has 4 heteroatoms. The molecule has 1 aromatic heterocycles. The summed E-state index contributed by atoms with van der Waals surface area (Å²) in [4.78, 5) is 7.47. The van der Waals surface area contributed by atoms with Gasteiger partial charge in [-0.15, -0.1) is 0 Å². The number of hydrogen-bond acceptors (Lipinski definition) is 2. The number of nitrogens with one attached hydrogen (secondary N) is 1. The molecule has 1 fully saturated rings. The molecule has 0 spiro atoms. The van der Waals surface area contributed by atoms with Crippen LogP contribution in [0, 0.1) is 5.82 Å². The van der Waals surface area contributed by atoms with Gasteiger partial charge in [0, 0.05) is 5.92 Å². The standard InChI is InChI=1S/C11H11FN2O/c12-7-1-2-9-10(5-7)14-11(13-9)6-3-8(15)4-6/h1-2,5-6,8,15H,3-4H2,(H,13,14). The number of imidazole rings is 1. The maximum atomic E-state index is 12.9. The number of halogens is 1. The van der Waals surface area contributed by atoms with Crippen LogP contribution in [0.2, 0.25) is 0 Å². The quantitative estimate of drug-likeness (QED) is 0.749. The highest BCUT2D eigenvalue weighted by molar-refractivity contribution is 5.75. The molecule has 0 amide bonds. The van der Waals surface area contributed by atoms with Crippen LogP contribution in [0.5, 0.6) is 0 Å². The van der Waals surface area contributed by atoms with Crippen molar-refractivity contribution in [3.8, 4) is 0 Å². The number of benzene rings is 1. The SMILES string of the molecule is OC1CC(c2nc3ccc(F)cc3[nH]2)C1. The van der Waals surface area contributed by atoms with Crippen molar-refractivity contribution < 1.29 is 9.50 Å². The Balaban J connectivity index is 1.99. The average Bonchev–Trinajstić information content (AvgIpc) is 2.55. The van der Waals surface area contributed by atoms with Gasteiger partial charge in [0.1, 0.15) is 11.6 Å². The Labute approximate surface area is 86.0 Å². The maximum absolute atomic E-state index is 12.9. The summed E-state index contributed by atoms with van der Waals surface area (Å²) in [6.07, 6.45) is 1.31. The van der Waals surface area contributed by atoms with E-state index in [4.69, 9.17) is 0 Å². The van der Waals surface area contributed by atoms with Gasteiger partial charge in [-0.25, -0.2) is 9.37 Å². The summed E-state index contributed by atoms with van der Waals surface area (Å²) in [5, 5.41) is 9.20. The van der Waals surface area contributed by atoms with E-state index in [1.807, 2.05) is 0 Å². The van der Waals surface area contributed by atoms with Crippen LogP contribution in [-0.2, 0) is 0 Å². The summed E-state index contributed by atoms with van der Waals surface area (Å²) in [6, 6.07) is 4.52. The van der Waals surface area contributed by atoms with Crippen molar-refractivity contribution in [3.05, 3.63) is 29.8 Å². The third-order valence-electron chi connectivity index (χ3n) is 2.96. The number of aliphatic hydroxyl groups is 1. The first kappa shape index (κ1) is 8.85. The molecule has 0 atom stereocenters. The van der Waals surface area contributed by atoms with Gasteiger partial charge in [0.2, 0.25) is 0 Å². The molecule has 2 N–H and O–H groups in total. The second kappa shape index (κ2) is 3.03. The molecule has 3 nitrogen and oxygen atoms in total. The zero-order chi connectivity index (χ0) is 10.4. The molecular formula is C11H11FN2O. The van der Waals surface area contributed by atoms with Crippen molar-refractivity contribution in [2.24, 2.45) is 0 Å². The van der Waals surface area contributed by atoms with E-state index in [1.54, 1.807) is 6.07 Å². The van der Waals surface area contributed by atoms with Crippen LogP contribution in [-0.4, -0.2) is 21.2 Å². The predicted octanol–water partition coefficient (Wildman–Crippen LogP) is 1.94.